The van der Waals surface area contributed by atoms with Gasteiger partial charge in [-0.2, -0.15) is 0 Å². The van der Waals surface area contributed by atoms with Crippen molar-refractivity contribution in [2.24, 2.45) is 0 Å². The van der Waals surface area contributed by atoms with Crippen LogP contribution in [0.4, 0.5) is 5.69 Å². The molecule has 7 heteroatoms. The minimum atomic E-state index is -0.632. The normalized spacial score (nSPS) is 10.7. The van der Waals surface area contributed by atoms with Crippen molar-refractivity contribution in [3.63, 3.8) is 0 Å². The van der Waals surface area contributed by atoms with E-state index in [2.05, 4.69) is 5.32 Å². The number of anilines is 1. The SMILES string of the molecule is O=C(CCC(=O)OCC(=O)c1ccc(-c2ccccc2)cc1)Nc1ccc(C(=O)C=Cc2cccs2)cc1. The fourth-order valence-electron chi connectivity index (χ4n) is 3.58. The number of esters is 1. The van der Waals surface area contributed by atoms with Gasteiger partial charge in [0.05, 0.1) is 6.42 Å². The number of carbonyl (C=O) groups excluding carboxylic acids is 4. The van der Waals surface area contributed by atoms with Gasteiger partial charge in [0.2, 0.25) is 5.91 Å². The van der Waals surface area contributed by atoms with E-state index in [4.69, 9.17) is 4.74 Å². The summed E-state index contributed by atoms with van der Waals surface area (Å²) in [6.45, 7) is -0.387. The van der Waals surface area contributed by atoms with E-state index in [-0.39, 0.29) is 36.9 Å². The molecule has 190 valence electrons. The number of hydrogen-bond acceptors (Lipinski definition) is 6. The minimum Gasteiger partial charge on any atom is -0.457 e. The molecule has 38 heavy (non-hydrogen) atoms. The van der Waals surface area contributed by atoms with Crippen molar-refractivity contribution in [3.8, 4) is 11.1 Å². The lowest BCUT2D eigenvalue weighted by molar-refractivity contribution is -0.143. The Balaban J connectivity index is 1.18. The molecule has 0 spiro atoms. The van der Waals surface area contributed by atoms with E-state index in [1.54, 1.807) is 53.8 Å². The third-order valence-corrected chi connectivity index (χ3v) is 6.47. The van der Waals surface area contributed by atoms with Crippen LogP contribution in [-0.2, 0) is 14.3 Å². The van der Waals surface area contributed by atoms with E-state index in [1.807, 2.05) is 60.0 Å². The van der Waals surface area contributed by atoms with Gasteiger partial charge in [-0.05, 0) is 59.0 Å². The number of hydrogen-bond donors (Lipinski definition) is 1. The van der Waals surface area contributed by atoms with Crippen LogP contribution in [0.15, 0.2) is 102 Å². The van der Waals surface area contributed by atoms with Gasteiger partial charge in [-0.25, -0.2) is 0 Å². The summed E-state index contributed by atoms with van der Waals surface area (Å²) in [6, 6.07) is 27.2. The molecule has 1 N–H and O–H groups in total. The van der Waals surface area contributed by atoms with Crippen molar-refractivity contribution in [2.45, 2.75) is 12.8 Å². The van der Waals surface area contributed by atoms with E-state index in [1.165, 1.54) is 6.08 Å². The van der Waals surface area contributed by atoms with E-state index < -0.39 is 5.97 Å². The van der Waals surface area contributed by atoms with Crippen molar-refractivity contribution in [3.05, 3.63) is 118 Å². The lowest BCUT2D eigenvalue weighted by Gasteiger charge is -2.07. The molecule has 0 aliphatic heterocycles. The number of ether oxygens (including phenoxy) is 1. The first-order valence-electron chi connectivity index (χ1n) is 12.0. The highest BCUT2D eigenvalue weighted by atomic mass is 32.1. The number of ketones is 2. The van der Waals surface area contributed by atoms with Crippen LogP contribution in [0.25, 0.3) is 17.2 Å². The first kappa shape index (κ1) is 26.4. The Bertz CT molecular complexity index is 1420. The smallest absolute Gasteiger partial charge is 0.306 e. The molecular formula is C31H25NO5S. The molecule has 0 unspecified atom stereocenters. The second-order valence-electron chi connectivity index (χ2n) is 8.37. The summed E-state index contributed by atoms with van der Waals surface area (Å²) < 4.78 is 5.05. The molecule has 0 saturated carbocycles. The van der Waals surface area contributed by atoms with Gasteiger partial charge in [0.15, 0.2) is 18.2 Å². The van der Waals surface area contributed by atoms with Crippen molar-refractivity contribution < 1.29 is 23.9 Å². The molecule has 0 bridgehead atoms. The van der Waals surface area contributed by atoms with E-state index >= 15 is 0 Å². The van der Waals surface area contributed by atoms with Gasteiger partial charge in [-0.3, -0.25) is 19.2 Å². The Morgan fingerprint density at radius 1 is 0.737 bits per heavy atom. The van der Waals surface area contributed by atoms with Crippen LogP contribution in [0, 0.1) is 0 Å². The fourth-order valence-corrected chi connectivity index (χ4v) is 4.20. The van der Waals surface area contributed by atoms with Gasteiger partial charge < -0.3 is 10.1 Å². The zero-order chi connectivity index (χ0) is 26.7. The molecule has 0 aliphatic carbocycles. The van der Waals surface area contributed by atoms with Crippen LogP contribution in [0.2, 0.25) is 0 Å². The summed E-state index contributed by atoms with van der Waals surface area (Å²) >= 11 is 1.54. The monoisotopic (exact) mass is 523 g/mol. The highest BCUT2D eigenvalue weighted by molar-refractivity contribution is 7.10. The molecule has 4 aromatic rings. The van der Waals surface area contributed by atoms with Crippen molar-refractivity contribution >= 4 is 46.5 Å². The summed E-state index contributed by atoms with van der Waals surface area (Å²) in [7, 11) is 0. The molecule has 0 aliphatic rings. The van der Waals surface area contributed by atoms with Crippen molar-refractivity contribution in [2.75, 3.05) is 11.9 Å². The van der Waals surface area contributed by atoms with Crippen molar-refractivity contribution in [1.82, 2.24) is 0 Å². The molecule has 3 aromatic carbocycles. The number of rotatable bonds is 11. The van der Waals surface area contributed by atoms with Crippen LogP contribution >= 0.6 is 11.3 Å². The topological polar surface area (TPSA) is 89.5 Å². The molecular weight excluding hydrogens is 498 g/mol. The molecule has 4 rings (SSSR count). The first-order chi connectivity index (χ1) is 18.5. The fraction of sp³-hybridized carbons (Fsp3) is 0.0968. The summed E-state index contributed by atoms with van der Waals surface area (Å²) in [6.07, 6.45) is 3.02. The summed E-state index contributed by atoms with van der Waals surface area (Å²) in [5.41, 5.74) is 3.48. The maximum atomic E-state index is 12.4. The minimum absolute atomic E-state index is 0.0942. The van der Waals surface area contributed by atoms with E-state index in [0.717, 1.165) is 16.0 Å². The van der Waals surface area contributed by atoms with Crippen LogP contribution in [0.3, 0.4) is 0 Å². The lowest BCUT2D eigenvalue weighted by atomic mass is 10.0. The average molecular weight is 524 g/mol. The Morgan fingerprint density at radius 3 is 2.11 bits per heavy atom. The van der Waals surface area contributed by atoms with Crippen molar-refractivity contribution in [1.29, 1.82) is 0 Å². The van der Waals surface area contributed by atoms with Crippen LogP contribution in [-0.4, -0.2) is 30.0 Å². The van der Waals surface area contributed by atoms with Gasteiger partial charge in [0, 0.05) is 28.1 Å². The second-order valence-corrected chi connectivity index (χ2v) is 9.35. The Morgan fingerprint density at radius 2 is 1.42 bits per heavy atom. The summed E-state index contributed by atoms with van der Waals surface area (Å²) in [5, 5.41) is 4.62. The van der Waals surface area contributed by atoms with Crippen LogP contribution < -0.4 is 5.32 Å². The van der Waals surface area contributed by atoms with Gasteiger partial charge in [0.25, 0.3) is 0 Å². The lowest BCUT2D eigenvalue weighted by Crippen LogP contribution is -2.17. The van der Waals surface area contributed by atoms with Gasteiger partial charge in [0.1, 0.15) is 0 Å². The summed E-state index contributed by atoms with van der Waals surface area (Å²) in [4.78, 5) is 49.9. The van der Waals surface area contributed by atoms with Crippen LogP contribution in [0.1, 0.15) is 38.4 Å². The molecule has 0 fully saturated rings. The number of allylic oxidation sites excluding steroid dienone is 1. The number of Topliss-reactive ketones (excluding diaryl/α,β-unsaturated/α-hetero) is 1. The standard InChI is InChI=1S/C31H25NO5S/c33-28(17-16-27-7-4-20-38-27)24-12-14-26(15-13-24)32-30(35)18-19-31(36)37-21-29(34)25-10-8-23(9-11-25)22-5-2-1-3-6-22/h1-17,20H,18-19,21H2,(H,32,35). The predicted molar refractivity (Wildman–Crippen MR) is 149 cm³/mol. The molecule has 1 heterocycles. The van der Waals surface area contributed by atoms with Gasteiger partial charge >= 0.3 is 5.97 Å². The highest BCUT2D eigenvalue weighted by Crippen LogP contribution is 2.19. The summed E-state index contributed by atoms with van der Waals surface area (Å²) in [5.74, 6) is -1.46. The zero-order valence-corrected chi connectivity index (χ0v) is 21.3. The third kappa shape index (κ3) is 7.69. The maximum Gasteiger partial charge on any atom is 0.306 e. The molecule has 1 aromatic heterocycles. The third-order valence-electron chi connectivity index (χ3n) is 5.63. The highest BCUT2D eigenvalue weighted by Gasteiger charge is 2.13. The zero-order valence-electron chi connectivity index (χ0n) is 20.5. The molecule has 1 amide bonds. The second kappa shape index (κ2) is 13.1. The number of nitrogens with one attached hydrogen (secondary N) is 1. The number of thiophene rings is 1. The average Bonchev–Trinajstić information content (AvgIpc) is 3.48. The molecule has 0 radical (unpaired) electrons. The maximum absolute atomic E-state index is 12.4. The Hall–Kier alpha value is -4.62. The number of amides is 1. The molecule has 0 saturated heterocycles. The van der Waals surface area contributed by atoms with E-state index in [0.29, 0.717) is 16.8 Å². The predicted octanol–water partition coefficient (Wildman–Crippen LogP) is 6.46. The Kier molecular flexibility index (Phi) is 9.10. The quantitative estimate of drug-likeness (QED) is 0.139. The number of carbonyl (C=O) groups is 4. The Labute approximate surface area is 224 Å². The van der Waals surface area contributed by atoms with Gasteiger partial charge in [-0.1, -0.05) is 60.7 Å². The van der Waals surface area contributed by atoms with Gasteiger partial charge in [-0.15, -0.1) is 11.3 Å². The molecule has 0 atom stereocenters. The molecule has 6 nitrogen and oxygen atoms in total. The van der Waals surface area contributed by atoms with Crippen LogP contribution in [0.5, 0.6) is 0 Å². The first-order valence-corrected chi connectivity index (χ1v) is 12.9. The van der Waals surface area contributed by atoms with E-state index in [9.17, 15) is 19.2 Å². The largest absolute Gasteiger partial charge is 0.457 e. The number of benzene rings is 3.